The zero-order chi connectivity index (χ0) is 39.8. The SMILES string of the molecule is CCOC(=O)C1CCC(N2CCC3(CN(CCCCCCC(=O)Nc4cccc(Sc5cnc(N6CCC(C)(NC(=O)OC(C)(C)C)CC6)cn5)c4)C3)C2)CC1. The van der Waals surface area contributed by atoms with Crippen molar-refractivity contribution in [1.82, 2.24) is 25.1 Å². The van der Waals surface area contributed by atoms with Gasteiger partial charge in [0.05, 0.1) is 24.9 Å². The van der Waals surface area contributed by atoms with Crippen molar-refractivity contribution >= 4 is 41.2 Å². The molecule has 1 aromatic carbocycles. The molecule has 12 nitrogen and oxygen atoms in total. The summed E-state index contributed by atoms with van der Waals surface area (Å²) in [4.78, 5) is 55.1. The van der Waals surface area contributed by atoms with Gasteiger partial charge in [-0.1, -0.05) is 30.7 Å². The molecule has 1 aromatic heterocycles. The Balaban J connectivity index is 0.820. The maximum Gasteiger partial charge on any atom is 0.408 e. The first-order chi connectivity index (χ1) is 26.8. The summed E-state index contributed by atoms with van der Waals surface area (Å²) in [7, 11) is 0. The number of nitrogens with one attached hydrogen (secondary N) is 2. The number of alkyl carbamates (subject to hydrolysis) is 1. The van der Waals surface area contributed by atoms with Crippen molar-refractivity contribution in [2.24, 2.45) is 11.3 Å². The number of rotatable bonds is 15. The molecule has 2 amide bonds. The minimum absolute atomic E-state index is 0.00495. The third kappa shape index (κ3) is 12.0. The van der Waals surface area contributed by atoms with E-state index in [4.69, 9.17) is 9.47 Å². The number of hydrogen-bond acceptors (Lipinski definition) is 11. The van der Waals surface area contributed by atoms with Gasteiger partial charge in [0.2, 0.25) is 5.91 Å². The molecular formula is C43H65N7O5S. The fourth-order valence-electron chi connectivity index (χ4n) is 8.92. The predicted octanol–water partition coefficient (Wildman–Crippen LogP) is 7.53. The molecule has 56 heavy (non-hydrogen) atoms. The monoisotopic (exact) mass is 791 g/mol. The Morgan fingerprint density at radius 2 is 1.68 bits per heavy atom. The molecule has 1 aliphatic carbocycles. The van der Waals surface area contributed by atoms with Crippen LogP contribution in [-0.2, 0) is 19.1 Å². The average molecular weight is 792 g/mol. The highest BCUT2D eigenvalue weighted by Crippen LogP contribution is 2.42. The first-order valence-electron chi connectivity index (χ1n) is 21.1. The number of benzene rings is 1. The maximum atomic E-state index is 12.8. The van der Waals surface area contributed by atoms with Gasteiger partial charge in [-0.2, -0.15) is 0 Å². The summed E-state index contributed by atoms with van der Waals surface area (Å²) in [5.74, 6) is 0.989. The number of esters is 1. The summed E-state index contributed by atoms with van der Waals surface area (Å²) >= 11 is 1.52. The predicted molar refractivity (Wildman–Crippen MR) is 221 cm³/mol. The molecule has 3 saturated heterocycles. The molecule has 0 bridgehead atoms. The lowest BCUT2D eigenvalue weighted by Crippen LogP contribution is -2.58. The van der Waals surface area contributed by atoms with E-state index in [2.05, 4.69) is 42.2 Å². The number of nitrogens with zero attached hydrogens (tertiary/aromatic N) is 5. The van der Waals surface area contributed by atoms with Gasteiger partial charge >= 0.3 is 12.1 Å². The molecule has 0 radical (unpaired) electrons. The standard InChI is InChI=1S/C43H65N7O5S/c1-6-54-39(52)32-15-17-34(18-16-32)50-25-21-43(31-50)29-48(30-43)22-10-8-7-9-14-37(51)46-33-12-11-13-35(26-33)56-38-28-44-36(27-45-38)49-23-19-42(5,20-24-49)47-40(53)55-41(2,3)4/h11-13,26-28,32,34H,6-10,14-25,29-31H2,1-5H3,(H,46,51)(H,47,53). The molecular weight excluding hydrogens is 727 g/mol. The van der Waals surface area contributed by atoms with Gasteiger partial charge in [-0.25, -0.2) is 14.8 Å². The van der Waals surface area contributed by atoms with Crippen LogP contribution in [0.3, 0.4) is 0 Å². The fraction of sp³-hybridized carbons (Fsp3) is 0.698. The van der Waals surface area contributed by atoms with Crippen LogP contribution in [0, 0.1) is 11.3 Å². The molecule has 4 heterocycles. The number of unbranched alkanes of at least 4 members (excludes halogenated alkanes) is 3. The van der Waals surface area contributed by atoms with Crippen LogP contribution in [0.1, 0.15) is 112 Å². The second-order valence-corrected chi connectivity index (χ2v) is 19.0. The first kappa shape index (κ1) is 42.2. The molecule has 2 N–H and O–H groups in total. The van der Waals surface area contributed by atoms with Crippen molar-refractivity contribution in [3.8, 4) is 0 Å². The second kappa shape index (κ2) is 18.9. The van der Waals surface area contributed by atoms with Gasteiger partial charge in [0, 0.05) is 66.7 Å². The minimum atomic E-state index is -0.526. The number of aromatic nitrogens is 2. The van der Waals surface area contributed by atoms with Crippen LogP contribution in [-0.4, -0.2) is 107 Å². The topological polar surface area (TPSA) is 129 Å². The van der Waals surface area contributed by atoms with E-state index < -0.39 is 5.60 Å². The number of carbonyl (C=O) groups excluding carboxylic acids is 3. The molecule has 1 saturated carbocycles. The van der Waals surface area contributed by atoms with Crippen LogP contribution < -0.4 is 15.5 Å². The number of carbonyl (C=O) groups is 3. The molecule has 3 aliphatic heterocycles. The molecule has 0 atom stereocenters. The van der Waals surface area contributed by atoms with Gasteiger partial charge in [0.15, 0.2) is 0 Å². The Bertz CT molecular complexity index is 1610. The Morgan fingerprint density at radius 3 is 2.38 bits per heavy atom. The highest BCUT2D eigenvalue weighted by molar-refractivity contribution is 7.99. The minimum Gasteiger partial charge on any atom is -0.466 e. The maximum absolute atomic E-state index is 12.8. The second-order valence-electron chi connectivity index (χ2n) is 17.9. The van der Waals surface area contributed by atoms with E-state index in [-0.39, 0.29) is 29.4 Å². The van der Waals surface area contributed by atoms with Crippen LogP contribution in [0.2, 0.25) is 0 Å². The number of likely N-dealkylation sites (tertiary alicyclic amines) is 2. The van der Waals surface area contributed by atoms with E-state index in [0.717, 1.165) is 98.8 Å². The highest BCUT2D eigenvalue weighted by atomic mass is 32.2. The van der Waals surface area contributed by atoms with Gasteiger partial charge < -0.3 is 29.9 Å². The molecule has 6 rings (SSSR count). The molecule has 0 unspecified atom stereocenters. The van der Waals surface area contributed by atoms with E-state index in [9.17, 15) is 14.4 Å². The fourth-order valence-corrected chi connectivity index (χ4v) is 9.71. The lowest BCUT2D eigenvalue weighted by atomic mass is 9.78. The number of piperidine rings is 1. The summed E-state index contributed by atoms with van der Waals surface area (Å²) in [5.41, 5.74) is 0.424. The number of hydrogen-bond donors (Lipinski definition) is 2. The summed E-state index contributed by atoms with van der Waals surface area (Å²) in [6, 6.07) is 8.52. The van der Waals surface area contributed by atoms with Crippen molar-refractivity contribution in [3.05, 3.63) is 36.7 Å². The quantitative estimate of drug-likeness (QED) is 0.137. The third-order valence-electron chi connectivity index (χ3n) is 12.0. The summed E-state index contributed by atoms with van der Waals surface area (Å²) in [6.45, 7) is 17.6. The van der Waals surface area contributed by atoms with E-state index in [1.165, 1.54) is 50.8 Å². The number of ether oxygens (including phenoxy) is 2. The van der Waals surface area contributed by atoms with Gasteiger partial charge in [0.1, 0.15) is 16.4 Å². The molecule has 4 fully saturated rings. The van der Waals surface area contributed by atoms with Gasteiger partial charge in [0.25, 0.3) is 0 Å². The van der Waals surface area contributed by atoms with Crippen molar-refractivity contribution in [1.29, 1.82) is 0 Å². The first-order valence-corrected chi connectivity index (χ1v) is 21.9. The lowest BCUT2D eigenvalue weighted by Gasteiger charge is -2.49. The van der Waals surface area contributed by atoms with E-state index in [1.54, 1.807) is 6.20 Å². The Morgan fingerprint density at radius 1 is 0.929 bits per heavy atom. The normalized spacial score (nSPS) is 22.3. The van der Waals surface area contributed by atoms with Crippen LogP contribution in [0.25, 0.3) is 0 Å². The molecule has 4 aliphatic rings. The summed E-state index contributed by atoms with van der Waals surface area (Å²) in [6.07, 6.45) is 15.1. The van der Waals surface area contributed by atoms with Crippen molar-refractivity contribution in [2.75, 3.05) is 62.6 Å². The van der Waals surface area contributed by atoms with Crippen LogP contribution in [0.4, 0.5) is 16.3 Å². The van der Waals surface area contributed by atoms with Gasteiger partial charge in [-0.15, -0.1) is 0 Å². The Hall–Kier alpha value is -3.42. The zero-order valence-electron chi connectivity index (χ0n) is 34.4. The van der Waals surface area contributed by atoms with Crippen LogP contribution in [0.15, 0.2) is 46.6 Å². The Kier molecular flexibility index (Phi) is 14.2. The summed E-state index contributed by atoms with van der Waals surface area (Å²) in [5, 5.41) is 6.93. The smallest absolute Gasteiger partial charge is 0.408 e. The number of anilines is 2. The van der Waals surface area contributed by atoms with Crippen LogP contribution >= 0.6 is 11.8 Å². The van der Waals surface area contributed by atoms with Gasteiger partial charge in [-0.05, 0) is 124 Å². The zero-order valence-corrected chi connectivity index (χ0v) is 35.3. The largest absolute Gasteiger partial charge is 0.466 e. The van der Waals surface area contributed by atoms with Crippen molar-refractivity contribution in [2.45, 2.75) is 139 Å². The van der Waals surface area contributed by atoms with Crippen molar-refractivity contribution in [3.63, 3.8) is 0 Å². The molecule has 308 valence electrons. The van der Waals surface area contributed by atoms with E-state index in [0.29, 0.717) is 24.5 Å². The van der Waals surface area contributed by atoms with Crippen LogP contribution in [0.5, 0.6) is 0 Å². The van der Waals surface area contributed by atoms with Crippen molar-refractivity contribution < 1.29 is 23.9 Å². The molecule has 13 heteroatoms. The Labute approximate surface area is 338 Å². The van der Waals surface area contributed by atoms with E-state index >= 15 is 0 Å². The summed E-state index contributed by atoms with van der Waals surface area (Å²) < 4.78 is 10.7. The number of amides is 2. The van der Waals surface area contributed by atoms with Gasteiger partial charge in [-0.3, -0.25) is 14.5 Å². The lowest BCUT2D eigenvalue weighted by molar-refractivity contribution is -0.149. The average Bonchev–Trinajstić information content (AvgIpc) is 3.59. The third-order valence-corrected chi connectivity index (χ3v) is 12.9. The molecule has 1 spiro atoms. The molecule has 2 aromatic rings. The van der Waals surface area contributed by atoms with E-state index in [1.807, 2.05) is 58.2 Å². The highest BCUT2D eigenvalue weighted by Gasteiger charge is 2.48.